The lowest BCUT2D eigenvalue weighted by Gasteiger charge is -2.53. The monoisotopic (exact) mass is 432 g/mol. The number of amides is 2. The number of hydrogen-bond acceptors (Lipinski definition) is 4. The Morgan fingerprint density at radius 1 is 1.13 bits per heavy atom. The Balaban J connectivity index is 1.28. The highest BCUT2D eigenvalue weighted by Crippen LogP contribution is 2.52. The minimum absolute atomic E-state index is 0.0220. The van der Waals surface area contributed by atoms with Crippen LogP contribution in [-0.4, -0.2) is 53.6 Å². The van der Waals surface area contributed by atoms with Crippen molar-refractivity contribution in [3.05, 3.63) is 0 Å². The third kappa shape index (κ3) is 4.60. The van der Waals surface area contributed by atoms with Crippen molar-refractivity contribution in [3.8, 4) is 6.07 Å². The van der Waals surface area contributed by atoms with Crippen LogP contribution in [0.2, 0.25) is 0 Å². The Morgan fingerprint density at radius 2 is 1.77 bits per heavy atom. The molecule has 4 aliphatic carbocycles. The van der Waals surface area contributed by atoms with Gasteiger partial charge in [-0.25, -0.2) is 4.39 Å². The number of halogens is 1. The van der Waals surface area contributed by atoms with E-state index in [-0.39, 0.29) is 48.3 Å². The van der Waals surface area contributed by atoms with E-state index in [4.69, 9.17) is 0 Å². The van der Waals surface area contributed by atoms with Crippen molar-refractivity contribution in [1.29, 1.82) is 5.26 Å². The van der Waals surface area contributed by atoms with Gasteiger partial charge in [-0.1, -0.05) is 19.3 Å². The van der Waals surface area contributed by atoms with Crippen LogP contribution in [0.1, 0.15) is 84.0 Å². The fraction of sp³-hybridized carbons (Fsp3) is 0.875. The zero-order valence-corrected chi connectivity index (χ0v) is 18.8. The maximum absolute atomic E-state index is 13.6. The van der Waals surface area contributed by atoms with E-state index < -0.39 is 12.2 Å². The third-order valence-corrected chi connectivity index (χ3v) is 8.78. The van der Waals surface area contributed by atoms with E-state index in [1.807, 2.05) is 6.07 Å². The highest BCUT2D eigenvalue weighted by Gasteiger charge is 2.52. The first-order chi connectivity index (χ1) is 14.9. The molecule has 1 unspecified atom stereocenters. The second kappa shape index (κ2) is 9.05. The van der Waals surface area contributed by atoms with Gasteiger partial charge in [0.05, 0.1) is 19.2 Å². The van der Waals surface area contributed by atoms with Crippen molar-refractivity contribution in [2.75, 3.05) is 13.1 Å². The Morgan fingerprint density at radius 3 is 2.39 bits per heavy atom. The average Bonchev–Trinajstić information content (AvgIpc) is 3.20. The highest BCUT2D eigenvalue weighted by atomic mass is 19.1. The van der Waals surface area contributed by atoms with Gasteiger partial charge in [-0.05, 0) is 64.2 Å². The fourth-order valence-electron chi connectivity index (χ4n) is 6.45. The minimum atomic E-state index is -1.11. The number of alkyl halides is 1. The molecular weight excluding hydrogens is 395 g/mol. The Hall–Kier alpha value is -1.68. The van der Waals surface area contributed by atoms with Crippen LogP contribution < -0.4 is 10.6 Å². The maximum Gasteiger partial charge on any atom is 0.237 e. The minimum Gasteiger partial charge on any atom is -0.353 e. The van der Waals surface area contributed by atoms with E-state index in [0.717, 1.165) is 38.5 Å². The summed E-state index contributed by atoms with van der Waals surface area (Å²) in [7, 11) is 0. The summed E-state index contributed by atoms with van der Waals surface area (Å²) in [5, 5.41) is 16.0. The topological polar surface area (TPSA) is 85.2 Å². The third-order valence-electron chi connectivity index (χ3n) is 8.78. The fourth-order valence-corrected chi connectivity index (χ4v) is 6.45. The van der Waals surface area contributed by atoms with Crippen LogP contribution in [0.5, 0.6) is 0 Å². The van der Waals surface area contributed by atoms with E-state index >= 15 is 0 Å². The molecule has 172 valence electrons. The molecule has 2 N–H and O–H groups in total. The summed E-state index contributed by atoms with van der Waals surface area (Å²) < 4.78 is 13.6. The molecule has 5 rings (SSSR count). The molecule has 3 atom stereocenters. The predicted molar refractivity (Wildman–Crippen MR) is 116 cm³/mol. The lowest BCUT2D eigenvalue weighted by Crippen LogP contribution is -2.60. The molecule has 4 saturated carbocycles. The normalized spacial score (nSPS) is 36.7. The van der Waals surface area contributed by atoms with Gasteiger partial charge in [-0.3, -0.25) is 9.59 Å². The van der Waals surface area contributed by atoms with E-state index in [0.29, 0.717) is 5.92 Å². The van der Waals surface area contributed by atoms with Crippen LogP contribution >= 0.6 is 0 Å². The van der Waals surface area contributed by atoms with Gasteiger partial charge in [0.2, 0.25) is 11.8 Å². The van der Waals surface area contributed by atoms with Gasteiger partial charge in [0, 0.05) is 23.4 Å². The molecule has 31 heavy (non-hydrogen) atoms. The number of likely N-dealkylation sites (tertiary alicyclic amines) is 1. The maximum atomic E-state index is 13.6. The quantitative estimate of drug-likeness (QED) is 0.675. The first kappa shape index (κ1) is 22.5. The van der Waals surface area contributed by atoms with Gasteiger partial charge in [-0.2, -0.15) is 5.26 Å². The summed E-state index contributed by atoms with van der Waals surface area (Å²) in [5.74, 6) is 0.653. The number of hydrogen-bond donors (Lipinski definition) is 2. The molecule has 6 nitrogen and oxygen atoms in total. The molecule has 0 aromatic heterocycles. The van der Waals surface area contributed by atoms with E-state index in [2.05, 4.69) is 17.6 Å². The zero-order chi connectivity index (χ0) is 22.1. The first-order valence-corrected chi connectivity index (χ1v) is 12.3. The number of nitrogens with one attached hydrogen (secondary N) is 2. The molecule has 0 spiro atoms. The molecule has 0 aromatic rings. The van der Waals surface area contributed by atoms with Crippen molar-refractivity contribution in [2.24, 2.45) is 11.3 Å². The summed E-state index contributed by atoms with van der Waals surface area (Å²) in [4.78, 5) is 27.2. The van der Waals surface area contributed by atoms with Gasteiger partial charge in [0.1, 0.15) is 12.2 Å². The number of carbonyl (C=O) groups is 2. The summed E-state index contributed by atoms with van der Waals surface area (Å²) >= 11 is 0. The molecule has 0 radical (unpaired) electrons. The molecule has 2 amide bonds. The molecule has 7 heteroatoms. The molecule has 1 aliphatic heterocycles. The van der Waals surface area contributed by atoms with E-state index in [1.54, 1.807) is 0 Å². The second-order valence-electron chi connectivity index (χ2n) is 10.6. The number of rotatable bonds is 6. The van der Waals surface area contributed by atoms with Crippen LogP contribution in [-0.2, 0) is 9.59 Å². The first-order valence-electron chi connectivity index (χ1n) is 12.3. The number of fused-ring (bicyclic) bond motifs is 3. The van der Waals surface area contributed by atoms with Crippen molar-refractivity contribution in [3.63, 3.8) is 0 Å². The zero-order valence-electron chi connectivity index (χ0n) is 18.8. The largest absolute Gasteiger partial charge is 0.353 e. The van der Waals surface area contributed by atoms with Crippen molar-refractivity contribution >= 4 is 11.8 Å². The number of nitrogens with zero attached hydrogens (tertiary/aromatic N) is 2. The molecular formula is C24H37FN4O2. The van der Waals surface area contributed by atoms with E-state index in [9.17, 15) is 19.2 Å². The summed E-state index contributed by atoms with van der Waals surface area (Å²) in [6.45, 7) is 2.33. The summed E-state index contributed by atoms with van der Waals surface area (Å²) in [5.41, 5.74) is -0.359. The summed E-state index contributed by atoms with van der Waals surface area (Å²) in [6, 6.07) is 1.64. The lowest BCUT2D eigenvalue weighted by atomic mass is 9.56. The van der Waals surface area contributed by atoms with Crippen molar-refractivity contribution in [1.82, 2.24) is 15.5 Å². The Labute approximate surface area is 185 Å². The molecule has 0 aromatic carbocycles. The van der Waals surface area contributed by atoms with Gasteiger partial charge < -0.3 is 15.5 Å². The van der Waals surface area contributed by atoms with Crippen LogP contribution in [0.4, 0.5) is 4.39 Å². The second-order valence-corrected chi connectivity index (χ2v) is 10.6. The van der Waals surface area contributed by atoms with Crippen LogP contribution in [0.15, 0.2) is 0 Å². The average molecular weight is 433 g/mol. The molecule has 2 bridgehead atoms. The Kier molecular flexibility index (Phi) is 6.57. The molecule has 1 heterocycles. The van der Waals surface area contributed by atoms with Crippen LogP contribution in [0.3, 0.4) is 0 Å². The predicted octanol–water partition coefficient (Wildman–Crippen LogP) is 3.22. The van der Waals surface area contributed by atoms with Crippen LogP contribution in [0, 0.1) is 22.7 Å². The lowest BCUT2D eigenvalue weighted by molar-refractivity contribution is -0.140. The number of nitriles is 1. The highest BCUT2D eigenvalue weighted by molar-refractivity contribution is 5.83. The van der Waals surface area contributed by atoms with Crippen molar-refractivity contribution < 1.29 is 14.0 Å². The number of carbonyl (C=O) groups excluding carboxylic acids is 2. The van der Waals surface area contributed by atoms with Gasteiger partial charge in [0.15, 0.2) is 0 Å². The summed E-state index contributed by atoms with van der Waals surface area (Å²) in [6.07, 6.45) is 10.6. The SMILES string of the molecule is C[C@@H](NC(=O)C12CCC(NCC(=O)N3C[C@@H](F)CC3C#N)(CC1)CC2)C1CCCCC1. The van der Waals surface area contributed by atoms with Gasteiger partial charge >= 0.3 is 0 Å². The van der Waals surface area contributed by atoms with Crippen molar-refractivity contribution in [2.45, 2.75) is 108 Å². The smallest absolute Gasteiger partial charge is 0.237 e. The molecule has 5 fully saturated rings. The standard InChI is InChI=1S/C24H37FN4O2/c1-17(18-5-3-2-4-6-18)28-22(31)23-7-10-24(11-8-23,12-9-23)27-15-21(30)29-16-19(25)13-20(29)14-26/h17-20,27H,2-13,15-16H2,1H3,(H,28,31)/t17-,19+,20?,23?,24?/m1/s1. The van der Waals surface area contributed by atoms with Gasteiger partial charge in [0.25, 0.3) is 0 Å². The van der Waals surface area contributed by atoms with Crippen LogP contribution in [0.25, 0.3) is 0 Å². The molecule has 5 aliphatic rings. The Bertz CT molecular complexity index is 705. The molecule has 1 saturated heterocycles. The van der Waals surface area contributed by atoms with E-state index in [1.165, 1.54) is 37.0 Å². The van der Waals surface area contributed by atoms with Gasteiger partial charge in [-0.15, -0.1) is 0 Å².